The highest BCUT2D eigenvalue weighted by Crippen LogP contribution is 2.44. The second-order valence-corrected chi connectivity index (χ2v) is 8.26. The highest BCUT2D eigenvalue weighted by atomic mass is 16.7. The first-order valence-electron chi connectivity index (χ1n) is 10.9. The van der Waals surface area contributed by atoms with Crippen LogP contribution in [-0.2, 0) is 12.8 Å². The van der Waals surface area contributed by atoms with Gasteiger partial charge in [0.1, 0.15) is 23.0 Å². The minimum absolute atomic E-state index is 0.573. The van der Waals surface area contributed by atoms with Crippen molar-refractivity contribution in [2.75, 3.05) is 13.2 Å². The van der Waals surface area contributed by atoms with Crippen molar-refractivity contribution in [3.05, 3.63) is 46.5 Å². The summed E-state index contributed by atoms with van der Waals surface area (Å²) in [4.78, 5) is 0. The van der Waals surface area contributed by atoms with Gasteiger partial charge in [0.15, 0.2) is 0 Å². The number of ether oxygens (including phenoxy) is 4. The van der Waals surface area contributed by atoms with E-state index in [4.69, 9.17) is 18.9 Å². The first-order valence-corrected chi connectivity index (χ1v) is 10.9. The monoisotopic (exact) mass is 396 g/mol. The normalized spacial score (nSPS) is 16.4. The Labute approximate surface area is 174 Å². The fourth-order valence-electron chi connectivity index (χ4n) is 4.12. The number of aryl methyl sites for hydroxylation is 4. The van der Waals surface area contributed by atoms with Gasteiger partial charge in [0, 0.05) is 12.8 Å². The molecule has 4 rings (SSSR count). The van der Waals surface area contributed by atoms with Crippen LogP contribution in [0.3, 0.4) is 0 Å². The summed E-state index contributed by atoms with van der Waals surface area (Å²) in [6, 6.07) is 8.50. The van der Waals surface area contributed by atoms with Gasteiger partial charge in [-0.25, -0.2) is 0 Å². The van der Waals surface area contributed by atoms with Crippen LogP contribution in [0, 0.1) is 13.8 Å². The molecule has 4 nitrogen and oxygen atoms in total. The second kappa shape index (κ2) is 8.17. The van der Waals surface area contributed by atoms with Crippen molar-refractivity contribution < 1.29 is 18.9 Å². The molecule has 4 heteroatoms. The van der Waals surface area contributed by atoms with E-state index in [9.17, 15) is 0 Å². The average molecular weight is 397 g/mol. The molecule has 0 saturated heterocycles. The van der Waals surface area contributed by atoms with Gasteiger partial charge >= 0.3 is 0 Å². The van der Waals surface area contributed by atoms with Gasteiger partial charge in [0.05, 0.1) is 13.2 Å². The van der Waals surface area contributed by atoms with Gasteiger partial charge < -0.3 is 18.9 Å². The molecule has 2 aromatic rings. The third kappa shape index (κ3) is 4.03. The van der Waals surface area contributed by atoms with Crippen LogP contribution in [0.2, 0.25) is 0 Å². The fraction of sp³-hybridized carbons (Fsp3) is 0.520. The number of fused-ring (bicyclic) bond motifs is 2. The van der Waals surface area contributed by atoms with Gasteiger partial charge in [-0.05, 0) is 86.1 Å². The third-order valence-electron chi connectivity index (χ3n) is 5.78. The summed E-state index contributed by atoms with van der Waals surface area (Å²) >= 11 is 0. The van der Waals surface area contributed by atoms with Crippen molar-refractivity contribution in [3.63, 3.8) is 0 Å². The molecule has 0 bridgehead atoms. The van der Waals surface area contributed by atoms with Crippen molar-refractivity contribution in [2.45, 2.75) is 72.0 Å². The molecule has 0 radical (unpaired) electrons. The molecule has 156 valence electrons. The summed E-state index contributed by atoms with van der Waals surface area (Å²) in [6.45, 7) is 9.89. The van der Waals surface area contributed by atoms with E-state index in [1.165, 1.54) is 11.1 Å². The van der Waals surface area contributed by atoms with Crippen LogP contribution in [0.15, 0.2) is 24.3 Å². The zero-order chi connectivity index (χ0) is 20.4. The molecule has 0 saturated carbocycles. The quantitative estimate of drug-likeness (QED) is 0.607. The van der Waals surface area contributed by atoms with Gasteiger partial charge in [-0.15, -0.1) is 0 Å². The van der Waals surface area contributed by atoms with Crippen LogP contribution in [0.5, 0.6) is 23.0 Å². The number of benzene rings is 2. The van der Waals surface area contributed by atoms with Crippen molar-refractivity contribution in [2.24, 2.45) is 0 Å². The fourth-order valence-corrected chi connectivity index (χ4v) is 4.12. The van der Waals surface area contributed by atoms with Gasteiger partial charge in [0.25, 0.3) is 5.79 Å². The summed E-state index contributed by atoms with van der Waals surface area (Å²) in [7, 11) is 0. The van der Waals surface area contributed by atoms with E-state index in [1.54, 1.807) is 0 Å². The second-order valence-electron chi connectivity index (χ2n) is 8.26. The molecular weight excluding hydrogens is 364 g/mol. The zero-order valence-electron chi connectivity index (χ0n) is 18.1. The summed E-state index contributed by atoms with van der Waals surface area (Å²) in [6.07, 6.45) is 5.59. The lowest BCUT2D eigenvalue weighted by molar-refractivity contribution is -0.139. The first kappa shape index (κ1) is 19.9. The standard InChI is InChI=1S/C25H32O4/c1-5-11-26-21-15-19-7-9-25(28-23(19)13-17(21)3)10-8-20-16-22(27-12-6-2)18(4)14-24(20)29-25/h13-16H,5-12H2,1-4H3. The maximum absolute atomic E-state index is 6.48. The molecule has 0 N–H and O–H groups in total. The molecule has 0 aliphatic carbocycles. The van der Waals surface area contributed by atoms with Gasteiger partial charge in [-0.1, -0.05) is 13.8 Å². The Bertz CT molecular complexity index is 813. The zero-order valence-corrected chi connectivity index (χ0v) is 18.1. The molecule has 1 spiro atoms. The Kier molecular flexibility index (Phi) is 5.62. The lowest BCUT2D eigenvalue weighted by Gasteiger charge is -2.42. The number of hydrogen-bond acceptors (Lipinski definition) is 4. The van der Waals surface area contributed by atoms with Crippen LogP contribution >= 0.6 is 0 Å². The molecule has 2 aromatic carbocycles. The molecule has 2 heterocycles. The number of hydrogen-bond donors (Lipinski definition) is 0. The van der Waals surface area contributed by atoms with E-state index >= 15 is 0 Å². The highest BCUT2D eigenvalue weighted by molar-refractivity contribution is 5.49. The molecule has 0 amide bonds. The predicted octanol–water partition coefficient (Wildman–Crippen LogP) is 5.93. The topological polar surface area (TPSA) is 36.9 Å². The van der Waals surface area contributed by atoms with E-state index in [-0.39, 0.29) is 0 Å². The highest BCUT2D eigenvalue weighted by Gasteiger charge is 2.42. The molecule has 0 fully saturated rings. The summed E-state index contributed by atoms with van der Waals surface area (Å²) in [5.74, 6) is 3.23. The van der Waals surface area contributed by atoms with Crippen LogP contribution < -0.4 is 18.9 Å². The SMILES string of the molecule is CCCOc1cc2c(cc1C)OC1(CC2)CCc2cc(OCCC)c(C)cc2O1. The average Bonchev–Trinajstić information content (AvgIpc) is 2.71. The Morgan fingerprint density at radius 3 is 1.62 bits per heavy atom. The maximum atomic E-state index is 6.48. The van der Waals surface area contributed by atoms with Gasteiger partial charge in [-0.3, -0.25) is 0 Å². The largest absolute Gasteiger partial charge is 0.493 e. The van der Waals surface area contributed by atoms with E-state index in [0.717, 1.165) is 85.9 Å². The molecule has 0 aromatic heterocycles. The summed E-state index contributed by atoms with van der Waals surface area (Å²) < 4.78 is 24.7. The summed E-state index contributed by atoms with van der Waals surface area (Å²) in [5.41, 5.74) is 4.64. The Hall–Kier alpha value is -2.36. The van der Waals surface area contributed by atoms with Crippen LogP contribution in [0.4, 0.5) is 0 Å². The minimum atomic E-state index is -0.573. The smallest absolute Gasteiger partial charge is 0.251 e. The lowest BCUT2D eigenvalue weighted by atomic mass is 9.91. The van der Waals surface area contributed by atoms with Gasteiger partial charge in [0.2, 0.25) is 0 Å². The van der Waals surface area contributed by atoms with E-state index < -0.39 is 5.79 Å². The van der Waals surface area contributed by atoms with Gasteiger partial charge in [-0.2, -0.15) is 0 Å². The van der Waals surface area contributed by atoms with Crippen molar-refractivity contribution >= 4 is 0 Å². The van der Waals surface area contributed by atoms with E-state index in [0.29, 0.717) is 0 Å². The van der Waals surface area contributed by atoms with E-state index in [1.807, 2.05) is 0 Å². The van der Waals surface area contributed by atoms with E-state index in [2.05, 4.69) is 52.0 Å². The Morgan fingerprint density at radius 2 is 1.21 bits per heavy atom. The molecule has 0 atom stereocenters. The number of rotatable bonds is 6. The molecule has 0 unspecified atom stereocenters. The van der Waals surface area contributed by atoms with Crippen molar-refractivity contribution in [1.82, 2.24) is 0 Å². The Morgan fingerprint density at radius 1 is 0.759 bits per heavy atom. The van der Waals surface area contributed by atoms with Crippen molar-refractivity contribution in [3.8, 4) is 23.0 Å². The van der Waals surface area contributed by atoms with Crippen LogP contribution in [-0.4, -0.2) is 19.0 Å². The van der Waals surface area contributed by atoms with Crippen molar-refractivity contribution in [1.29, 1.82) is 0 Å². The molecule has 2 aliphatic rings. The molecule has 29 heavy (non-hydrogen) atoms. The third-order valence-corrected chi connectivity index (χ3v) is 5.78. The predicted molar refractivity (Wildman–Crippen MR) is 115 cm³/mol. The lowest BCUT2D eigenvalue weighted by Crippen LogP contribution is -2.47. The Balaban J connectivity index is 1.55. The molecular formula is C25H32O4. The van der Waals surface area contributed by atoms with Crippen LogP contribution in [0.1, 0.15) is 61.8 Å². The molecule has 2 aliphatic heterocycles. The maximum Gasteiger partial charge on any atom is 0.251 e. The minimum Gasteiger partial charge on any atom is -0.493 e. The summed E-state index contributed by atoms with van der Waals surface area (Å²) in [5, 5.41) is 0. The first-order chi connectivity index (χ1) is 14.0. The van der Waals surface area contributed by atoms with Crippen LogP contribution in [0.25, 0.3) is 0 Å².